The minimum absolute atomic E-state index is 0.224. The van der Waals surface area contributed by atoms with E-state index in [-0.39, 0.29) is 11.8 Å². The molecule has 0 heterocycles. The van der Waals surface area contributed by atoms with Gasteiger partial charge in [0.25, 0.3) is 0 Å². The van der Waals surface area contributed by atoms with Crippen molar-refractivity contribution >= 4 is 5.91 Å². The van der Waals surface area contributed by atoms with Crippen LogP contribution in [0, 0.1) is 11.8 Å². The summed E-state index contributed by atoms with van der Waals surface area (Å²) in [4.78, 5) is 14.4. The van der Waals surface area contributed by atoms with Gasteiger partial charge in [-0.3, -0.25) is 4.79 Å². The Bertz CT molecular complexity index is 326. The third-order valence-electron chi connectivity index (χ3n) is 3.76. The van der Waals surface area contributed by atoms with E-state index in [1.54, 1.807) is 0 Å². The molecule has 3 atom stereocenters. The second kappa shape index (κ2) is 5.89. The van der Waals surface area contributed by atoms with E-state index in [2.05, 4.69) is 29.2 Å². The number of rotatable bonds is 5. The van der Waals surface area contributed by atoms with Gasteiger partial charge in [0.15, 0.2) is 0 Å². The maximum Gasteiger partial charge on any atom is 0.238 e. The molecule has 17 heavy (non-hydrogen) atoms. The first kappa shape index (κ1) is 13.8. The Labute approximate surface area is 102 Å². The second-order valence-electron chi connectivity index (χ2n) is 5.00. The van der Waals surface area contributed by atoms with Gasteiger partial charge in [-0.15, -0.1) is 0 Å². The number of nitrogens with two attached hydrogens (primary N) is 1. The second-order valence-corrected chi connectivity index (χ2v) is 5.00. The largest absolute Gasteiger partial charge is 0.368 e. The lowest BCUT2D eigenvalue weighted by Crippen LogP contribution is -2.62. The number of nitrogens with one attached hydrogen (secondary N) is 1. The molecule has 1 aliphatic rings. The van der Waals surface area contributed by atoms with Crippen molar-refractivity contribution in [1.82, 2.24) is 5.32 Å². The summed E-state index contributed by atoms with van der Waals surface area (Å²) in [6.45, 7) is 5.02. The minimum atomic E-state index is -0.636. The highest BCUT2D eigenvalue weighted by molar-refractivity contribution is 5.85. The molecular formula is C11H21N5O. The summed E-state index contributed by atoms with van der Waals surface area (Å²) >= 11 is 0. The van der Waals surface area contributed by atoms with E-state index in [4.69, 9.17) is 11.3 Å². The first-order valence-corrected chi connectivity index (χ1v) is 6.08. The van der Waals surface area contributed by atoms with Crippen molar-refractivity contribution in [2.45, 2.75) is 38.6 Å². The van der Waals surface area contributed by atoms with Gasteiger partial charge in [-0.1, -0.05) is 25.4 Å². The number of hydrogen-bond acceptors (Lipinski definition) is 3. The van der Waals surface area contributed by atoms with Crippen molar-refractivity contribution in [3.63, 3.8) is 0 Å². The Hall–Kier alpha value is -1.26. The molecule has 1 amide bonds. The van der Waals surface area contributed by atoms with Crippen LogP contribution in [0.5, 0.6) is 0 Å². The molecule has 96 valence electrons. The van der Waals surface area contributed by atoms with Crippen molar-refractivity contribution in [1.29, 1.82) is 0 Å². The summed E-state index contributed by atoms with van der Waals surface area (Å²) in [5, 5.41) is 6.67. The molecule has 0 aromatic carbocycles. The summed E-state index contributed by atoms with van der Waals surface area (Å²) < 4.78 is 0. The van der Waals surface area contributed by atoms with Crippen LogP contribution in [-0.2, 0) is 4.79 Å². The fourth-order valence-corrected chi connectivity index (χ4v) is 2.68. The van der Waals surface area contributed by atoms with E-state index in [0.717, 1.165) is 19.3 Å². The number of nitrogens with zero attached hydrogens (tertiary/aromatic N) is 3. The van der Waals surface area contributed by atoms with E-state index in [1.807, 2.05) is 0 Å². The number of azide groups is 1. The van der Waals surface area contributed by atoms with Crippen molar-refractivity contribution in [3.05, 3.63) is 10.4 Å². The zero-order valence-corrected chi connectivity index (χ0v) is 10.5. The average Bonchev–Trinajstić information content (AvgIpc) is 2.28. The molecule has 0 aromatic rings. The van der Waals surface area contributed by atoms with Gasteiger partial charge >= 0.3 is 0 Å². The number of hydrogen-bond donors (Lipinski definition) is 2. The fraction of sp³-hybridized carbons (Fsp3) is 0.909. The predicted octanol–water partition coefficient (Wildman–Crippen LogP) is 1.57. The zero-order chi connectivity index (χ0) is 12.9. The lowest BCUT2D eigenvalue weighted by Gasteiger charge is -2.43. The Balaban J connectivity index is 2.72. The van der Waals surface area contributed by atoms with Gasteiger partial charge in [0.1, 0.15) is 5.54 Å². The molecule has 6 heteroatoms. The monoisotopic (exact) mass is 239 g/mol. The van der Waals surface area contributed by atoms with Gasteiger partial charge < -0.3 is 11.1 Å². The van der Waals surface area contributed by atoms with Crippen LogP contribution in [0.3, 0.4) is 0 Å². The van der Waals surface area contributed by atoms with Crippen molar-refractivity contribution in [2.24, 2.45) is 22.7 Å². The van der Waals surface area contributed by atoms with Crippen molar-refractivity contribution in [3.8, 4) is 0 Å². The fourth-order valence-electron chi connectivity index (χ4n) is 2.68. The Morgan fingerprint density at radius 1 is 1.59 bits per heavy atom. The maximum absolute atomic E-state index is 11.8. The highest BCUT2D eigenvalue weighted by Crippen LogP contribution is 2.36. The molecule has 0 aromatic heterocycles. The molecule has 0 spiro atoms. The summed E-state index contributed by atoms with van der Waals surface area (Å²) in [6.07, 6.45) is 2.90. The first-order chi connectivity index (χ1) is 8.03. The van der Waals surface area contributed by atoms with Crippen LogP contribution >= 0.6 is 0 Å². The summed E-state index contributed by atoms with van der Waals surface area (Å²) in [6, 6.07) is 0. The van der Waals surface area contributed by atoms with Gasteiger partial charge in [-0.25, -0.2) is 0 Å². The normalized spacial score (nSPS) is 32.8. The van der Waals surface area contributed by atoms with Crippen molar-refractivity contribution < 1.29 is 4.79 Å². The van der Waals surface area contributed by atoms with Gasteiger partial charge in [0.05, 0.1) is 0 Å². The predicted molar refractivity (Wildman–Crippen MR) is 66.1 cm³/mol. The smallest absolute Gasteiger partial charge is 0.238 e. The van der Waals surface area contributed by atoms with E-state index < -0.39 is 5.54 Å². The molecule has 6 nitrogen and oxygen atoms in total. The molecule has 3 N–H and O–H groups in total. The molecule has 1 fully saturated rings. The molecule has 0 radical (unpaired) electrons. The highest BCUT2D eigenvalue weighted by Gasteiger charge is 2.44. The molecule has 0 bridgehead atoms. The quantitative estimate of drug-likeness (QED) is 0.329. The number of amides is 1. The summed E-state index contributed by atoms with van der Waals surface area (Å²) in [5.74, 6) is 0.422. The van der Waals surface area contributed by atoms with E-state index in [1.165, 1.54) is 0 Å². The summed E-state index contributed by atoms with van der Waals surface area (Å²) in [7, 11) is 0. The third-order valence-corrected chi connectivity index (χ3v) is 3.76. The maximum atomic E-state index is 11.8. The van der Waals surface area contributed by atoms with E-state index in [9.17, 15) is 4.79 Å². The molecular weight excluding hydrogens is 218 g/mol. The van der Waals surface area contributed by atoms with Crippen LogP contribution in [0.4, 0.5) is 0 Å². The standard InChI is InChI=1S/C11H21N5O/c1-8-3-4-9(2)11(7-8,10(12)17)14-5-6-15-16-13/h8-9,14H,3-7H2,1-2H3,(H2,12,17). The zero-order valence-electron chi connectivity index (χ0n) is 10.5. The number of carbonyl (C=O) groups is 1. The van der Waals surface area contributed by atoms with Crippen LogP contribution in [0.25, 0.3) is 10.4 Å². The van der Waals surface area contributed by atoms with Crippen LogP contribution in [0.2, 0.25) is 0 Å². The van der Waals surface area contributed by atoms with Crippen LogP contribution in [-0.4, -0.2) is 24.5 Å². The van der Waals surface area contributed by atoms with Gasteiger partial charge in [-0.2, -0.15) is 0 Å². The third kappa shape index (κ3) is 3.11. The minimum Gasteiger partial charge on any atom is -0.368 e. The SMILES string of the molecule is CC1CCC(C)C(NCCN=[N+]=[N-])(C(N)=O)C1. The topological polar surface area (TPSA) is 104 Å². The van der Waals surface area contributed by atoms with Crippen molar-refractivity contribution in [2.75, 3.05) is 13.1 Å². The van der Waals surface area contributed by atoms with E-state index in [0.29, 0.717) is 19.0 Å². The molecule has 0 aliphatic heterocycles. The number of carbonyl (C=O) groups excluding carboxylic acids is 1. The lowest BCUT2D eigenvalue weighted by molar-refractivity contribution is -0.128. The Morgan fingerprint density at radius 2 is 2.29 bits per heavy atom. The molecule has 3 unspecified atom stereocenters. The van der Waals surface area contributed by atoms with Gasteiger partial charge in [0, 0.05) is 18.0 Å². The van der Waals surface area contributed by atoms with E-state index >= 15 is 0 Å². The molecule has 1 saturated carbocycles. The van der Waals surface area contributed by atoms with Crippen LogP contribution in [0.1, 0.15) is 33.1 Å². The van der Waals surface area contributed by atoms with Gasteiger partial charge in [0.2, 0.25) is 5.91 Å². The van der Waals surface area contributed by atoms with Crippen LogP contribution in [0.15, 0.2) is 5.11 Å². The molecule has 0 saturated heterocycles. The van der Waals surface area contributed by atoms with Crippen LogP contribution < -0.4 is 11.1 Å². The molecule has 1 rings (SSSR count). The summed E-state index contributed by atoms with van der Waals surface area (Å²) in [5.41, 5.74) is 13.1. The highest BCUT2D eigenvalue weighted by atomic mass is 16.1. The Kier molecular flexibility index (Phi) is 4.78. The Morgan fingerprint density at radius 3 is 2.88 bits per heavy atom. The molecule has 1 aliphatic carbocycles. The lowest BCUT2D eigenvalue weighted by atomic mass is 9.69. The number of primary amides is 1. The first-order valence-electron chi connectivity index (χ1n) is 6.08. The van der Waals surface area contributed by atoms with Gasteiger partial charge in [-0.05, 0) is 30.2 Å². The average molecular weight is 239 g/mol.